The summed E-state index contributed by atoms with van der Waals surface area (Å²) in [5.74, 6) is 0.975. The smallest absolute Gasteiger partial charge is 0.346 e. The lowest BCUT2D eigenvalue weighted by Crippen LogP contribution is -2.30. The number of hydrogen-bond acceptors (Lipinski definition) is 5. The van der Waals surface area contributed by atoms with Crippen LogP contribution in [0.1, 0.15) is 19.6 Å². The molecule has 0 bridgehead atoms. The van der Waals surface area contributed by atoms with Gasteiger partial charge in [-0.2, -0.15) is 0 Å². The maximum Gasteiger partial charge on any atom is 0.346 e. The molecule has 7 nitrogen and oxygen atoms in total. The van der Waals surface area contributed by atoms with Crippen LogP contribution in [0.3, 0.4) is 0 Å². The molecule has 0 atom stereocenters. The normalized spacial score (nSPS) is 11.4. The van der Waals surface area contributed by atoms with Crippen molar-refractivity contribution < 1.29 is 18.9 Å². The molecule has 0 saturated carbocycles. The van der Waals surface area contributed by atoms with Crippen molar-refractivity contribution >= 4 is 11.8 Å². The number of carbonyl (C=O) groups is 1. The first kappa shape index (κ1) is 14.5. The lowest BCUT2D eigenvalue weighted by molar-refractivity contribution is -0.0598. The van der Waals surface area contributed by atoms with Gasteiger partial charge in [0.2, 0.25) is 0 Å². The lowest BCUT2D eigenvalue weighted by atomic mass is 9.91. The Hall–Kier alpha value is -1.60. The summed E-state index contributed by atoms with van der Waals surface area (Å²) in [7, 11) is 4.51. The van der Waals surface area contributed by atoms with Crippen molar-refractivity contribution in [2.75, 3.05) is 33.2 Å². The van der Waals surface area contributed by atoms with Crippen LogP contribution in [-0.2, 0) is 15.0 Å². The number of amides is 2. The van der Waals surface area contributed by atoms with Gasteiger partial charge in [-0.3, -0.25) is 10.2 Å². The molecule has 0 aliphatic carbocycles. The van der Waals surface area contributed by atoms with Crippen molar-refractivity contribution in [1.29, 1.82) is 0 Å². The third-order valence-corrected chi connectivity index (χ3v) is 2.48. The molecule has 1 aromatic heterocycles. The summed E-state index contributed by atoms with van der Waals surface area (Å²) in [5.41, 5.74) is -0.308. The Kier molecular flexibility index (Phi) is 4.69. The number of urea groups is 1. The Labute approximate surface area is 106 Å². The van der Waals surface area contributed by atoms with E-state index in [1.807, 2.05) is 13.8 Å². The number of nitrogens with zero attached hydrogens (tertiary/aromatic N) is 2. The van der Waals surface area contributed by atoms with Gasteiger partial charge in [0.25, 0.3) is 0 Å². The van der Waals surface area contributed by atoms with Crippen molar-refractivity contribution in [3.8, 4) is 0 Å². The van der Waals surface area contributed by atoms with E-state index < -0.39 is 6.03 Å². The van der Waals surface area contributed by atoms with E-state index in [2.05, 4.69) is 10.5 Å². The molecule has 1 rings (SSSR count). The SMILES string of the molecule is COCC(C)(C)c1cc(NC(=O)N(C)OC)no1. The highest BCUT2D eigenvalue weighted by atomic mass is 16.7. The summed E-state index contributed by atoms with van der Waals surface area (Å²) in [6.45, 7) is 4.42. The minimum atomic E-state index is -0.429. The summed E-state index contributed by atoms with van der Waals surface area (Å²) in [6, 6.07) is 1.24. The maximum absolute atomic E-state index is 11.5. The number of anilines is 1. The largest absolute Gasteiger partial charge is 0.384 e. The van der Waals surface area contributed by atoms with Gasteiger partial charge in [-0.15, -0.1) is 0 Å². The van der Waals surface area contributed by atoms with E-state index in [0.717, 1.165) is 5.06 Å². The molecule has 0 aromatic carbocycles. The summed E-state index contributed by atoms with van der Waals surface area (Å²) in [6.07, 6.45) is 0. The average Bonchev–Trinajstić information content (AvgIpc) is 2.77. The highest BCUT2D eigenvalue weighted by molar-refractivity contribution is 5.87. The number of ether oxygens (including phenoxy) is 1. The van der Waals surface area contributed by atoms with E-state index in [1.165, 1.54) is 14.2 Å². The molecule has 0 unspecified atom stereocenters. The molecule has 0 radical (unpaired) electrons. The summed E-state index contributed by atoms with van der Waals surface area (Å²) in [5, 5.41) is 7.37. The molecule has 7 heteroatoms. The van der Waals surface area contributed by atoms with Gasteiger partial charge in [-0.25, -0.2) is 9.86 Å². The van der Waals surface area contributed by atoms with Crippen LogP contribution in [0.4, 0.5) is 10.6 Å². The van der Waals surface area contributed by atoms with Crippen LogP contribution in [0.5, 0.6) is 0 Å². The van der Waals surface area contributed by atoms with E-state index in [1.54, 1.807) is 13.2 Å². The number of nitrogens with one attached hydrogen (secondary N) is 1. The van der Waals surface area contributed by atoms with Crippen molar-refractivity contribution in [2.24, 2.45) is 0 Å². The van der Waals surface area contributed by atoms with Crippen LogP contribution in [0.25, 0.3) is 0 Å². The Balaban J connectivity index is 2.72. The van der Waals surface area contributed by atoms with E-state index in [4.69, 9.17) is 14.1 Å². The molecule has 2 amide bonds. The van der Waals surface area contributed by atoms with Crippen molar-refractivity contribution in [2.45, 2.75) is 19.3 Å². The molecule has 102 valence electrons. The minimum Gasteiger partial charge on any atom is -0.384 e. The molecule has 1 heterocycles. The number of aromatic nitrogens is 1. The predicted molar refractivity (Wildman–Crippen MR) is 65.2 cm³/mol. The molecule has 1 N–H and O–H groups in total. The maximum atomic E-state index is 11.5. The number of carbonyl (C=O) groups excluding carboxylic acids is 1. The molecule has 0 fully saturated rings. The van der Waals surface area contributed by atoms with Crippen LogP contribution in [0.2, 0.25) is 0 Å². The summed E-state index contributed by atoms with van der Waals surface area (Å²) in [4.78, 5) is 16.3. The van der Waals surface area contributed by atoms with E-state index in [9.17, 15) is 4.79 Å². The molecule has 0 saturated heterocycles. The molecule has 0 aliphatic heterocycles. The second kappa shape index (κ2) is 5.83. The Morgan fingerprint density at radius 1 is 1.56 bits per heavy atom. The molecule has 0 spiro atoms. The van der Waals surface area contributed by atoms with E-state index in [-0.39, 0.29) is 5.41 Å². The van der Waals surface area contributed by atoms with Gasteiger partial charge < -0.3 is 9.26 Å². The first-order valence-corrected chi connectivity index (χ1v) is 5.45. The minimum absolute atomic E-state index is 0.308. The van der Waals surface area contributed by atoms with Gasteiger partial charge in [0.15, 0.2) is 5.82 Å². The van der Waals surface area contributed by atoms with Gasteiger partial charge >= 0.3 is 6.03 Å². The number of hydroxylamine groups is 2. The number of methoxy groups -OCH3 is 1. The van der Waals surface area contributed by atoms with Crippen molar-refractivity contribution in [3.63, 3.8) is 0 Å². The van der Waals surface area contributed by atoms with Crippen LogP contribution < -0.4 is 5.32 Å². The van der Waals surface area contributed by atoms with Crippen LogP contribution in [-0.4, -0.2) is 44.1 Å². The van der Waals surface area contributed by atoms with Gasteiger partial charge in [-0.05, 0) is 0 Å². The third-order valence-electron chi connectivity index (χ3n) is 2.48. The summed E-state index contributed by atoms with van der Waals surface area (Å²) < 4.78 is 10.3. The standard InChI is InChI=1S/C11H19N3O4/c1-11(2,7-16-4)8-6-9(13-18-8)12-10(15)14(3)17-5/h6H,7H2,1-5H3,(H,12,13,15). The Bertz CT molecular complexity index is 403. The summed E-state index contributed by atoms with van der Waals surface area (Å²) >= 11 is 0. The number of hydrogen-bond donors (Lipinski definition) is 1. The Morgan fingerprint density at radius 3 is 2.78 bits per heavy atom. The van der Waals surface area contributed by atoms with Crippen LogP contribution in [0.15, 0.2) is 10.6 Å². The van der Waals surface area contributed by atoms with Crippen LogP contribution in [0, 0.1) is 0 Å². The highest BCUT2D eigenvalue weighted by Gasteiger charge is 2.26. The van der Waals surface area contributed by atoms with Crippen molar-refractivity contribution in [3.05, 3.63) is 11.8 Å². The molecule has 18 heavy (non-hydrogen) atoms. The van der Waals surface area contributed by atoms with Crippen LogP contribution >= 0.6 is 0 Å². The zero-order chi connectivity index (χ0) is 13.8. The zero-order valence-electron chi connectivity index (χ0n) is 11.3. The second-order valence-corrected chi connectivity index (χ2v) is 4.50. The quantitative estimate of drug-likeness (QED) is 0.811. The molecule has 1 aromatic rings. The van der Waals surface area contributed by atoms with Crippen molar-refractivity contribution in [1.82, 2.24) is 10.2 Å². The first-order chi connectivity index (χ1) is 8.40. The molecular formula is C11H19N3O4. The fourth-order valence-electron chi connectivity index (χ4n) is 1.36. The molecular weight excluding hydrogens is 238 g/mol. The molecule has 0 aliphatic rings. The first-order valence-electron chi connectivity index (χ1n) is 5.45. The third kappa shape index (κ3) is 3.44. The second-order valence-electron chi connectivity index (χ2n) is 4.50. The zero-order valence-corrected chi connectivity index (χ0v) is 11.3. The van der Waals surface area contributed by atoms with Gasteiger partial charge in [0.1, 0.15) is 5.76 Å². The fraction of sp³-hybridized carbons (Fsp3) is 0.636. The highest BCUT2D eigenvalue weighted by Crippen LogP contribution is 2.25. The van der Waals surface area contributed by atoms with Gasteiger partial charge in [0, 0.05) is 25.6 Å². The average molecular weight is 257 g/mol. The Morgan fingerprint density at radius 2 is 2.22 bits per heavy atom. The fourth-order valence-corrected chi connectivity index (χ4v) is 1.36. The van der Waals surface area contributed by atoms with Gasteiger partial charge in [0.05, 0.1) is 13.7 Å². The topological polar surface area (TPSA) is 76.8 Å². The van der Waals surface area contributed by atoms with Gasteiger partial charge in [-0.1, -0.05) is 19.0 Å². The van der Waals surface area contributed by atoms with E-state index >= 15 is 0 Å². The predicted octanol–water partition coefficient (Wildman–Crippen LogP) is 1.62. The van der Waals surface area contributed by atoms with E-state index in [0.29, 0.717) is 18.2 Å². The lowest BCUT2D eigenvalue weighted by Gasteiger charge is -2.19. The monoisotopic (exact) mass is 257 g/mol. The number of rotatable bonds is 5.